The van der Waals surface area contributed by atoms with Crippen molar-refractivity contribution in [2.24, 2.45) is 0 Å². The highest BCUT2D eigenvalue weighted by molar-refractivity contribution is 6.38. The molecule has 4 aromatic rings. The molecule has 0 bridgehead atoms. The minimum absolute atomic E-state index is 0.118. The van der Waals surface area contributed by atoms with E-state index in [-0.39, 0.29) is 17.7 Å². The van der Waals surface area contributed by atoms with Crippen molar-refractivity contribution in [2.75, 3.05) is 12.0 Å². The third kappa shape index (κ3) is 4.81. The fraction of sp³-hybridized carbons (Fsp3) is 0.261. The summed E-state index contributed by atoms with van der Waals surface area (Å²) >= 11 is 6.54. The van der Waals surface area contributed by atoms with Gasteiger partial charge in [-0.3, -0.25) is 25.9 Å². The number of urea groups is 1. The lowest BCUT2D eigenvalue weighted by Crippen LogP contribution is -2.42. The number of pyridine rings is 1. The SMILES string of the molecule is Cc1coc(-c2cc(C(=O)NC(=O)NNc3ccc4c(cnn4C4CCCCO4)c3Cl)ccn2)n1. The Kier molecular flexibility index (Phi) is 6.34. The van der Waals surface area contributed by atoms with Crippen molar-refractivity contribution in [3.05, 3.63) is 59.2 Å². The Hall–Kier alpha value is -3.96. The number of carbonyl (C=O) groups excluding carboxylic acids is 2. The number of oxazole rings is 1. The van der Waals surface area contributed by atoms with Crippen LogP contribution in [0.25, 0.3) is 22.5 Å². The Bertz CT molecular complexity index is 1390. The van der Waals surface area contributed by atoms with Crippen LogP contribution in [0.15, 0.2) is 47.3 Å². The lowest BCUT2D eigenvalue weighted by Gasteiger charge is -2.23. The maximum atomic E-state index is 12.5. The topological polar surface area (TPSA) is 136 Å². The number of hydrogen-bond donors (Lipinski definition) is 3. The number of rotatable bonds is 5. The van der Waals surface area contributed by atoms with Crippen LogP contribution in [0.1, 0.15) is 41.5 Å². The highest BCUT2D eigenvalue weighted by Gasteiger charge is 2.20. The van der Waals surface area contributed by atoms with Gasteiger partial charge in [-0.15, -0.1) is 0 Å². The number of carbonyl (C=O) groups is 2. The third-order valence-corrected chi connectivity index (χ3v) is 5.95. The van der Waals surface area contributed by atoms with Crippen LogP contribution in [0.4, 0.5) is 10.5 Å². The van der Waals surface area contributed by atoms with Crippen molar-refractivity contribution < 1.29 is 18.7 Å². The molecule has 1 aromatic carbocycles. The monoisotopic (exact) mass is 495 g/mol. The Morgan fingerprint density at radius 3 is 2.89 bits per heavy atom. The number of nitrogens with one attached hydrogen (secondary N) is 3. The van der Waals surface area contributed by atoms with Crippen LogP contribution in [0.3, 0.4) is 0 Å². The molecule has 0 radical (unpaired) electrons. The van der Waals surface area contributed by atoms with Gasteiger partial charge in [0.15, 0.2) is 6.23 Å². The van der Waals surface area contributed by atoms with Crippen LogP contribution in [0.5, 0.6) is 0 Å². The summed E-state index contributed by atoms with van der Waals surface area (Å²) in [5, 5.41) is 7.79. The van der Waals surface area contributed by atoms with E-state index in [1.54, 1.807) is 19.2 Å². The van der Waals surface area contributed by atoms with Crippen LogP contribution in [-0.2, 0) is 4.74 Å². The first-order chi connectivity index (χ1) is 17.0. The number of nitrogens with zero attached hydrogens (tertiary/aromatic N) is 4. The molecule has 35 heavy (non-hydrogen) atoms. The quantitative estimate of drug-likeness (QED) is 0.350. The van der Waals surface area contributed by atoms with Crippen LogP contribution in [0, 0.1) is 6.92 Å². The zero-order valence-electron chi connectivity index (χ0n) is 18.7. The van der Waals surface area contributed by atoms with Gasteiger partial charge < -0.3 is 9.15 Å². The predicted molar refractivity (Wildman–Crippen MR) is 128 cm³/mol. The number of halogens is 1. The van der Waals surface area contributed by atoms with Crippen molar-refractivity contribution >= 4 is 40.1 Å². The maximum absolute atomic E-state index is 12.5. The highest BCUT2D eigenvalue weighted by atomic mass is 35.5. The molecule has 4 heterocycles. The normalized spacial score (nSPS) is 15.7. The summed E-state index contributed by atoms with van der Waals surface area (Å²) < 4.78 is 13.0. The van der Waals surface area contributed by atoms with Gasteiger partial charge >= 0.3 is 6.03 Å². The molecule has 1 saturated heterocycles. The number of aryl methyl sites for hydroxylation is 1. The second kappa shape index (κ2) is 9.72. The molecular weight excluding hydrogens is 474 g/mol. The van der Waals surface area contributed by atoms with Crippen LogP contribution >= 0.6 is 11.6 Å². The smallest absolute Gasteiger partial charge is 0.340 e. The minimum atomic E-state index is -0.761. The van der Waals surface area contributed by atoms with E-state index in [4.69, 9.17) is 20.8 Å². The Morgan fingerprint density at radius 1 is 1.23 bits per heavy atom. The highest BCUT2D eigenvalue weighted by Crippen LogP contribution is 2.33. The first-order valence-electron chi connectivity index (χ1n) is 11.0. The average Bonchev–Trinajstić information content (AvgIpc) is 3.51. The zero-order chi connectivity index (χ0) is 24.4. The van der Waals surface area contributed by atoms with Gasteiger partial charge in [0, 0.05) is 23.8 Å². The molecule has 1 fully saturated rings. The number of anilines is 1. The number of benzene rings is 1. The number of amides is 3. The van der Waals surface area contributed by atoms with Crippen molar-refractivity contribution in [2.45, 2.75) is 32.4 Å². The summed E-state index contributed by atoms with van der Waals surface area (Å²) in [7, 11) is 0. The van der Waals surface area contributed by atoms with Crippen molar-refractivity contribution in [3.8, 4) is 11.6 Å². The van der Waals surface area contributed by atoms with Crippen molar-refractivity contribution in [1.29, 1.82) is 0 Å². The molecule has 0 aliphatic carbocycles. The third-order valence-electron chi connectivity index (χ3n) is 5.54. The molecule has 12 heteroatoms. The summed E-state index contributed by atoms with van der Waals surface area (Å²) in [6.07, 6.45) is 7.49. The minimum Gasteiger partial charge on any atom is -0.443 e. The molecule has 0 saturated carbocycles. The van der Waals surface area contributed by atoms with E-state index in [2.05, 4.69) is 31.2 Å². The summed E-state index contributed by atoms with van der Waals surface area (Å²) in [5.74, 6) is -0.335. The summed E-state index contributed by atoms with van der Waals surface area (Å²) in [4.78, 5) is 33.2. The lowest BCUT2D eigenvalue weighted by atomic mass is 10.2. The van der Waals surface area contributed by atoms with E-state index in [9.17, 15) is 9.59 Å². The first kappa shape index (κ1) is 22.8. The molecule has 1 atom stereocenters. The van der Waals surface area contributed by atoms with Gasteiger partial charge in [0.1, 0.15) is 12.0 Å². The molecule has 3 aromatic heterocycles. The van der Waals surface area contributed by atoms with Crippen LogP contribution in [0.2, 0.25) is 5.02 Å². The number of ether oxygens (including phenoxy) is 1. The summed E-state index contributed by atoms with van der Waals surface area (Å²) in [6.45, 7) is 2.49. The van der Waals surface area contributed by atoms with Gasteiger partial charge in [-0.05, 0) is 50.5 Å². The van der Waals surface area contributed by atoms with Gasteiger partial charge in [0.25, 0.3) is 5.91 Å². The second-order valence-electron chi connectivity index (χ2n) is 8.03. The standard InChI is InChI=1S/C23H22ClN7O4/c1-13-12-35-22(27-13)17-10-14(7-8-25-17)21(32)28-23(33)30-29-16-5-6-18-15(20(16)24)11-26-31(18)19-4-2-3-9-34-19/h5-8,10-12,19,29H,2-4,9H2,1H3,(H2,28,30,32,33). The molecule has 5 rings (SSSR count). The molecule has 1 aliphatic heterocycles. The molecule has 1 unspecified atom stereocenters. The summed E-state index contributed by atoms with van der Waals surface area (Å²) in [6, 6.07) is 5.78. The Labute approximate surface area is 204 Å². The van der Waals surface area contributed by atoms with Gasteiger partial charge in [-0.1, -0.05) is 11.6 Å². The molecule has 3 amide bonds. The van der Waals surface area contributed by atoms with E-state index in [0.29, 0.717) is 28.7 Å². The first-order valence-corrected chi connectivity index (χ1v) is 11.4. The summed E-state index contributed by atoms with van der Waals surface area (Å²) in [5.41, 5.74) is 7.74. The number of imide groups is 1. The molecule has 180 valence electrons. The molecule has 0 spiro atoms. The van der Waals surface area contributed by atoms with Gasteiger partial charge in [-0.25, -0.2) is 14.5 Å². The number of aromatic nitrogens is 4. The Balaban J connectivity index is 1.23. The number of hydrogen-bond acceptors (Lipinski definition) is 8. The predicted octanol–water partition coefficient (Wildman–Crippen LogP) is 4.21. The van der Waals surface area contributed by atoms with E-state index < -0.39 is 11.9 Å². The Morgan fingerprint density at radius 2 is 2.11 bits per heavy atom. The average molecular weight is 496 g/mol. The molecular formula is C23H22ClN7O4. The van der Waals surface area contributed by atoms with E-state index in [0.717, 1.165) is 30.2 Å². The number of fused-ring (bicyclic) bond motifs is 1. The van der Waals surface area contributed by atoms with Crippen molar-refractivity contribution in [3.63, 3.8) is 0 Å². The lowest BCUT2D eigenvalue weighted by molar-refractivity contribution is -0.0366. The van der Waals surface area contributed by atoms with Gasteiger partial charge in [-0.2, -0.15) is 5.10 Å². The van der Waals surface area contributed by atoms with E-state index in [1.165, 1.54) is 24.6 Å². The van der Waals surface area contributed by atoms with Crippen molar-refractivity contribution in [1.82, 2.24) is 30.5 Å². The molecule has 1 aliphatic rings. The maximum Gasteiger partial charge on any atom is 0.340 e. The number of hydrazine groups is 1. The largest absolute Gasteiger partial charge is 0.443 e. The van der Waals surface area contributed by atoms with E-state index >= 15 is 0 Å². The van der Waals surface area contributed by atoms with E-state index in [1.807, 2.05) is 10.7 Å². The zero-order valence-corrected chi connectivity index (χ0v) is 19.5. The fourth-order valence-corrected chi connectivity index (χ4v) is 4.08. The van der Waals surface area contributed by atoms with Gasteiger partial charge in [0.2, 0.25) is 5.89 Å². The molecule has 3 N–H and O–H groups in total. The van der Waals surface area contributed by atoms with Crippen LogP contribution in [-0.4, -0.2) is 38.3 Å². The fourth-order valence-electron chi connectivity index (χ4n) is 3.82. The molecule has 11 nitrogen and oxygen atoms in total. The van der Waals surface area contributed by atoms with Gasteiger partial charge in [0.05, 0.1) is 28.1 Å². The second-order valence-corrected chi connectivity index (χ2v) is 8.41. The van der Waals surface area contributed by atoms with Crippen LogP contribution < -0.4 is 16.2 Å².